The molecule has 8 nitrogen and oxygen atoms in total. The fraction of sp³-hybridized carbons (Fsp3) is 0.543. The van der Waals surface area contributed by atoms with Crippen molar-refractivity contribution in [2.24, 2.45) is 0 Å². The van der Waals surface area contributed by atoms with Crippen molar-refractivity contribution in [1.82, 2.24) is 0 Å². The van der Waals surface area contributed by atoms with Crippen molar-refractivity contribution in [3.8, 4) is 65.0 Å². The molecular weight excluding hydrogens is 1500 g/mol. The van der Waals surface area contributed by atoms with Crippen LogP contribution in [0, 0.1) is 45.3 Å². The first kappa shape index (κ1) is 84.7. The molecule has 4 aliphatic rings. The maximum absolute atomic E-state index is 14.7. The zero-order valence-corrected chi connectivity index (χ0v) is 70.7. The number of thiophene rings is 4. The van der Waals surface area contributed by atoms with Gasteiger partial charge in [-0.1, -0.05) is 305 Å². The van der Waals surface area contributed by atoms with Crippen LogP contribution in [-0.2, 0) is 11.2 Å². The van der Waals surface area contributed by atoms with Crippen LogP contribution in [0.4, 0.5) is 0 Å². The molecule has 0 spiro atoms. The number of rotatable bonds is 47. The summed E-state index contributed by atoms with van der Waals surface area (Å²) in [6.45, 7) is 9.11. The summed E-state index contributed by atoms with van der Waals surface area (Å²) in [6, 6.07) is 23.7. The van der Waals surface area contributed by atoms with Gasteiger partial charge in [-0.2, -0.15) is 21.0 Å². The van der Waals surface area contributed by atoms with Gasteiger partial charge < -0.3 is 9.47 Å². The molecule has 2 aliphatic heterocycles. The second-order valence-electron chi connectivity index (χ2n) is 30.7. The monoisotopic (exact) mass is 1600 g/mol. The third-order valence-corrected chi connectivity index (χ3v) is 28.9. The van der Waals surface area contributed by atoms with E-state index in [1.54, 1.807) is 46.9 Å². The summed E-state index contributed by atoms with van der Waals surface area (Å²) in [5.41, 5.74) is 3.21. The van der Waals surface area contributed by atoms with Gasteiger partial charge in [0, 0.05) is 64.1 Å². The Hall–Kier alpha value is -5.74. The van der Waals surface area contributed by atoms with Crippen molar-refractivity contribution in [3.63, 3.8) is 0 Å². The van der Waals surface area contributed by atoms with Gasteiger partial charge in [-0.25, -0.2) is 0 Å². The first-order valence-corrected chi connectivity index (χ1v) is 46.1. The minimum atomic E-state index is -0.647. The summed E-state index contributed by atoms with van der Waals surface area (Å²) in [5, 5.41) is 42.6. The highest BCUT2D eigenvalue weighted by Gasteiger charge is 2.46. The molecule has 108 heavy (non-hydrogen) atoms. The second kappa shape index (κ2) is 42.8. The molecule has 0 unspecified atom stereocenters. The second-order valence-corrected chi connectivity index (χ2v) is 36.6. The van der Waals surface area contributed by atoms with Crippen molar-refractivity contribution < 1.29 is 19.1 Å². The van der Waals surface area contributed by atoms with Crippen LogP contribution in [0.5, 0.6) is 11.5 Å². The lowest BCUT2D eigenvalue weighted by Crippen LogP contribution is -2.35. The van der Waals surface area contributed by atoms with Gasteiger partial charge in [0.2, 0.25) is 0 Å². The number of nitrogens with zero attached hydrogens (tertiary/aromatic N) is 4. The van der Waals surface area contributed by atoms with Crippen LogP contribution in [0.3, 0.4) is 0 Å². The number of Topliss-reactive ketones (excluding diaryl/α,β-unsaturated/α-hetero) is 2. The van der Waals surface area contributed by atoms with E-state index in [0.717, 1.165) is 118 Å². The van der Waals surface area contributed by atoms with Gasteiger partial charge in [0.15, 0.2) is 11.6 Å². The molecule has 10 rings (SSSR count). The van der Waals surface area contributed by atoms with Gasteiger partial charge in [0.1, 0.15) is 58.1 Å². The largest absolute Gasteiger partial charge is 0.481 e. The van der Waals surface area contributed by atoms with Gasteiger partial charge >= 0.3 is 0 Å². The number of hydrogen-bond donors (Lipinski definition) is 0. The Kier molecular flexibility index (Phi) is 33.5. The molecule has 0 fully saturated rings. The third kappa shape index (κ3) is 21.1. The molecule has 0 saturated heterocycles. The summed E-state index contributed by atoms with van der Waals surface area (Å²) in [4.78, 5) is 37.5. The highest BCUT2D eigenvalue weighted by atomic mass is 35.5. The molecule has 6 heterocycles. The average molecular weight is 1610 g/mol. The number of ketones is 2. The first-order chi connectivity index (χ1) is 52.7. The number of carbonyl (C=O) groups excluding carboxylic acids is 2. The Labute approximate surface area is 681 Å². The van der Waals surface area contributed by atoms with E-state index < -0.39 is 11.2 Å². The number of ether oxygens (including phenoxy) is 2. The molecule has 0 saturated carbocycles. The van der Waals surface area contributed by atoms with Gasteiger partial charge in [0.05, 0.1) is 39.6 Å². The highest BCUT2D eigenvalue weighted by Crippen LogP contribution is 2.62. The molecule has 4 aromatic heterocycles. The lowest BCUT2D eigenvalue weighted by Gasteiger charge is -2.38. The molecular formula is C92H110Cl4N4O4S4. The summed E-state index contributed by atoms with van der Waals surface area (Å²) < 4.78 is 15.6. The van der Waals surface area contributed by atoms with Crippen LogP contribution >= 0.6 is 91.8 Å². The number of halogens is 4. The molecule has 0 radical (unpaired) electrons. The molecule has 2 aromatic carbocycles. The number of benzene rings is 2. The van der Waals surface area contributed by atoms with Crippen LogP contribution in [0.15, 0.2) is 70.8 Å². The summed E-state index contributed by atoms with van der Waals surface area (Å²) in [7, 11) is 0. The topological polar surface area (TPSA) is 148 Å². The quantitative estimate of drug-likeness (QED) is 0.0208. The number of unbranched alkanes of at least 4 members (excludes halogenated alkanes) is 36. The molecule has 0 amide bonds. The van der Waals surface area contributed by atoms with E-state index in [1.165, 1.54) is 226 Å². The summed E-state index contributed by atoms with van der Waals surface area (Å²) >= 11 is 33.2. The Morgan fingerprint density at radius 3 is 0.852 bits per heavy atom. The zero-order valence-electron chi connectivity index (χ0n) is 64.5. The molecule has 6 aromatic rings. The fourth-order valence-electron chi connectivity index (χ4n) is 16.6. The number of nitriles is 4. The van der Waals surface area contributed by atoms with Crippen molar-refractivity contribution >= 4 is 127 Å². The zero-order chi connectivity index (χ0) is 76.4. The molecule has 0 bridgehead atoms. The van der Waals surface area contributed by atoms with E-state index >= 15 is 0 Å². The predicted molar refractivity (Wildman–Crippen MR) is 459 cm³/mol. The van der Waals surface area contributed by atoms with Gasteiger partial charge in [0.25, 0.3) is 0 Å². The fourth-order valence-corrected chi connectivity index (χ4v) is 22.2. The lowest BCUT2D eigenvalue weighted by atomic mass is 9.81. The van der Waals surface area contributed by atoms with Gasteiger partial charge in [-0.3, -0.25) is 9.59 Å². The third-order valence-electron chi connectivity index (χ3n) is 22.6. The van der Waals surface area contributed by atoms with E-state index in [0.29, 0.717) is 22.3 Å². The number of allylic oxidation sites excluding steroid dienone is 6. The van der Waals surface area contributed by atoms with Crippen LogP contribution in [0.25, 0.3) is 52.6 Å². The highest BCUT2D eigenvalue weighted by molar-refractivity contribution is 7.29. The molecule has 16 heteroatoms. The maximum atomic E-state index is 14.7. The van der Waals surface area contributed by atoms with Crippen LogP contribution in [0.1, 0.15) is 363 Å². The Morgan fingerprint density at radius 1 is 0.343 bits per heavy atom. The Balaban J connectivity index is 1.09. The minimum Gasteiger partial charge on any atom is -0.481 e. The van der Waals surface area contributed by atoms with Crippen molar-refractivity contribution in [3.05, 3.63) is 134 Å². The Bertz CT molecular complexity index is 4040. The number of carbonyl (C=O) groups is 2. The van der Waals surface area contributed by atoms with E-state index in [-0.39, 0.29) is 65.1 Å². The van der Waals surface area contributed by atoms with Crippen LogP contribution in [0.2, 0.25) is 20.1 Å². The number of hydrogen-bond acceptors (Lipinski definition) is 12. The van der Waals surface area contributed by atoms with Gasteiger partial charge in [-0.05, 0) is 123 Å². The van der Waals surface area contributed by atoms with Gasteiger partial charge in [-0.15, -0.1) is 45.3 Å². The normalized spacial score (nSPS) is 14.9. The van der Waals surface area contributed by atoms with Crippen molar-refractivity contribution in [1.29, 1.82) is 21.0 Å². The average Bonchev–Trinajstić information content (AvgIpc) is 1.56. The molecule has 0 N–H and O–H groups in total. The van der Waals surface area contributed by atoms with Crippen molar-refractivity contribution in [2.45, 2.75) is 321 Å². The van der Waals surface area contributed by atoms with E-state index in [2.05, 4.69) is 76.2 Å². The molecule has 574 valence electrons. The standard InChI is InChI=1S/C92H110Cl4N4O4S4/c1-5-9-13-17-21-25-29-33-37-41-45-91(46-42-38-34-30-26-22-18-14-10-6-2)73-57-81(107-87(73)89-79(103-91)51-65(105-89)49-71-83(63(59-97)60-98)67-53-75(93)77(95)55-69(67)85(71)101)82-58-74-88(108-82)90-80(52-66(106-90)50-72-84(64(61-99)62-100)68-54-76(94)78(96)56-70(68)86(72)102)104-92(74,47-43-39-35-31-27-23-19-15-11-7-3)48-44-40-36-32-28-24-20-16-12-8-4/h49-58H,5-48H2,1-4H3/b71-49-,72-50-. The minimum absolute atomic E-state index is 0.174. The SMILES string of the molecule is CCCCCCCCCCCCC1(CCCCCCCCCCCC)Oc2cc(/C=C3\C(=O)c4cc(Cl)c(Cl)cc4C3=C(C#N)C#N)sc2-c2sc(-c3cc4c(s3)-c3sc(/C=C5\C(=O)c6cc(Cl)c(Cl)cc6C5=C(C#N)C#N)cc3OC4(CCCCCCCCCCCC)CCCCCCCCCCCC)cc21. The van der Waals surface area contributed by atoms with Crippen molar-refractivity contribution in [2.75, 3.05) is 0 Å². The van der Waals surface area contributed by atoms with Crippen LogP contribution in [-0.4, -0.2) is 11.6 Å². The molecule has 0 atom stereocenters. The van der Waals surface area contributed by atoms with E-state index in [9.17, 15) is 30.6 Å². The number of fused-ring (bicyclic) bond motifs is 8. The lowest BCUT2D eigenvalue weighted by molar-refractivity contribution is 0.0394. The summed E-state index contributed by atoms with van der Waals surface area (Å²) in [6.07, 6.45) is 56.1. The summed E-state index contributed by atoms with van der Waals surface area (Å²) in [5.74, 6) is 0.916. The van der Waals surface area contributed by atoms with E-state index in [4.69, 9.17) is 55.9 Å². The molecule has 2 aliphatic carbocycles. The van der Waals surface area contributed by atoms with Crippen LogP contribution < -0.4 is 9.47 Å². The Morgan fingerprint density at radius 2 is 0.593 bits per heavy atom. The maximum Gasteiger partial charge on any atom is 0.194 e. The van der Waals surface area contributed by atoms with E-state index in [1.807, 2.05) is 34.8 Å². The first-order valence-electron chi connectivity index (χ1n) is 41.3. The smallest absolute Gasteiger partial charge is 0.194 e. The predicted octanol–water partition coefficient (Wildman–Crippen LogP) is 32.1.